The summed E-state index contributed by atoms with van der Waals surface area (Å²) >= 11 is 21.0. The van der Waals surface area contributed by atoms with Gasteiger partial charge in [-0.1, -0.05) is 29.3 Å². The van der Waals surface area contributed by atoms with Crippen molar-refractivity contribution in [2.45, 2.75) is 0 Å². The largest absolute Gasteiger partial charge is 0.329 e. The first-order valence-corrected chi connectivity index (χ1v) is 7.38. The lowest BCUT2D eigenvalue weighted by Gasteiger charge is -2.07. The molecule has 0 spiro atoms. The smallest absolute Gasteiger partial charge is 0.182 e. The van der Waals surface area contributed by atoms with Gasteiger partial charge in [-0.15, -0.1) is 0 Å². The van der Waals surface area contributed by atoms with Gasteiger partial charge in [-0.05, 0) is 58.5 Å². The summed E-state index contributed by atoms with van der Waals surface area (Å²) in [6, 6.07) is 11.3. The van der Waals surface area contributed by atoms with Crippen molar-refractivity contribution < 1.29 is 0 Å². The van der Waals surface area contributed by atoms with Crippen LogP contribution in [-0.4, -0.2) is 9.55 Å². The zero-order valence-electron chi connectivity index (χ0n) is 9.45. The summed E-state index contributed by atoms with van der Waals surface area (Å²) in [5.74, 6) is 0. The van der Waals surface area contributed by atoms with Gasteiger partial charge in [0.05, 0.1) is 21.7 Å². The molecular weight excluding hydrogens is 367 g/mol. The van der Waals surface area contributed by atoms with Gasteiger partial charge in [0.2, 0.25) is 0 Å². The minimum atomic E-state index is 0.589. The summed E-state index contributed by atoms with van der Waals surface area (Å²) in [5.41, 5.74) is 2.68. The third-order valence-electron chi connectivity index (χ3n) is 2.82. The van der Waals surface area contributed by atoms with Gasteiger partial charge in [0.1, 0.15) is 0 Å². The topological polar surface area (TPSA) is 20.7 Å². The average Bonchev–Trinajstić information content (AvgIpc) is 2.68. The highest BCUT2D eigenvalue weighted by atomic mass is 79.9. The average molecular weight is 374 g/mol. The molecular formula is C13H7BrCl2N2S. The SMILES string of the molecule is S=c1[nH]c2c(Cl)cccc2n1-c1ccc(Cl)cc1Br. The molecule has 96 valence electrons. The van der Waals surface area contributed by atoms with Crippen molar-refractivity contribution in [2.75, 3.05) is 0 Å². The molecule has 1 aromatic heterocycles. The molecule has 0 fully saturated rings. The minimum absolute atomic E-state index is 0.589. The number of imidazole rings is 1. The third-order valence-corrected chi connectivity index (χ3v) is 4.29. The number of aromatic amines is 1. The van der Waals surface area contributed by atoms with E-state index >= 15 is 0 Å². The van der Waals surface area contributed by atoms with E-state index < -0.39 is 0 Å². The molecule has 0 radical (unpaired) electrons. The van der Waals surface area contributed by atoms with Crippen LogP contribution in [-0.2, 0) is 0 Å². The maximum absolute atomic E-state index is 6.17. The Kier molecular flexibility index (Phi) is 3.43. The first kappa shape index (κ1) is 13.2. The molecule has 0 saturated carbocycles. The van der Waals surface area contributed by atoms with Crippen LogP contribution < -0.4 is 0 Å². The molecule has 6 heteroatoms. The third kappa shape index (κ3) is 2.23. The lowest BCUT2D eigenvalue weighted by Crippen LogP contribution is -1.95. The number of H-pyrrole nitrogens is 1. The van der Waals surface area contributed by atoms with Gasteiger partial charge in [-0.3, -0.25) is 4.57 Å². The van der Waals surface area contributed by atoms with Crippen molar-refractivity contribution in [2.24, 2.45) is 0 Å². The molecule has 0 aliphatic heterocycles. The molecule has 1 heterocycles. The van der Waals surface area contributed by atoms with Crippen molar-refractivity contribution in [3.05, 3.63) is 55.7 Å². The number of rotatable bonds is 1. The van der Waals surface area contributed by atoms with Crippen molar-refractivity contribution in [3.63, 3.8) is 0 Å². The zero-order valence-corrected chi connectivity index (χ0v) is 13.4. The number of nitrogens with zero attached hydrogens (tertiary/aromatic N) is 1. The van der Waals surface area contributed by atoms with Gasteiger partial charge < -0.3 is 4.98 Å². The monoisotopic (exact) mass is 372 g/mol. The van der Waals surface area contributed by atoms with Crippen LogP contribution in [0, 0.1) is 4.77 Å². The Morgan fingerprint density at radius 2 is 1.95 bits per heavy atom. The van der Waals surface area contributed by atoms with Gasteiger partial charge in [-0.2, -0.15) is 0 Å². The highest BCUT2D eigenvalue weighted by Gasteiger charge is 2.11. The Labute approximate surface area is 133 Å². The Morgan fingerprint density at radius 1 is 1.16 bits per heavy atom. The number of hydrogen-bond acceptors (Lipinski definition) is 1. The number of halogens is 3. The predicted octanol–water partition coefficient (Wildman–Crippen LogP) is 5.76. The van der Waals surface area contributed by atoms with E-state index in [4.69, 9.17) is 35.4 Å². The fourth-order valence-electron chi connectivity index (χ4n) is 2.00. The van der Waals surface area contributed by atoms with Crippen molar-refractivity contribution in [1.82, 2.24) is 9.55 Å². The van der Waals surface area contributed by atoms with E-state index in [1.807, 2.05) is 41.0 Å². The Hall–Kier alpha value is -0.810. The summed E-state index contributed by atoms with van der Waals surface area (Å²) < 4.78 is 3.39. The van der Waals surface area contributed by atoms with Crippen molar-refractivity contribution >= 4 is 62.4 Å². The standard InChI is InChI=1S/C13H7BrCl2N2S/c14-8-6-7(15)4-5-10(8)18-11-3-1-2-9(16)12(11)17-13(18)19/h1-6H,(H,17,19). The van der Waals surface area contributed by atoms with Crippen LogP contribution in [0.2, 0.25) is 10.0 Å². The molecule has 0 aliphatic carbocycles. The van der Waals surface area contributed by atoms with E-state index in [1.54, 1.807) is 0 Å². The van der Waals surface area contributed by atoms with E-state index in [1.165, 1.54) is 0 Å². The Balaban J connectivity index is 2.40. The molecule has 19 heavy (non-hydrogen) atoms. The van der Waals surface area contributed by atoms with Gasteiger partial charge in [0, 0.05) is 9.50 Å². The van der Waals surface area contributed by atoms with E-state index in [9.17, 15) is 0 Å². The molecule has 0 saturated heterocycles. The quantitative estimate of drug-likeness (QED) is 0.538. The second kappa shape index (κ2) is 4.94. The minimum Gasteiger partial charge on any atom is -0.329 e. The van der Waals surface area contributed by atoms with E-state index in [-0.39, 0.29) is 0 Å². The fourth-order valence-corrected chi connectivity index (χ4v) is 3.37. The molecule has 0 amide bonds. The summed E-state index contributed by atoms with van der Waals surface area (Å²) in [6.45, 7) is 0. The summed E-state index contributed by atoms with van der Waals surface area (Å²) in [7, 11) is 0. The molecule has 3 aromatic rings. The maximum Gasteiger partial charge on any atom is 0.182 e. The van der Waals surface area contributed by atoms with E-state index in [0.717, 1.165) is 21.2 Å². The second-order valence-corrected chi connectivity index (χ2v) is 6.08. The van der Waals surface area contributed by atoms with E-state index in [0.29, 0.717) is 14.8 Å². The molecule has 0 atom stereocenters. The maximum atomic E-state index is 6.17. The molecule has 2 nitrogen and oxygen atoms in total. The molecule has 0 aliphatic rings. The van der Waals surface area contributed by atoms with Gasteiger partial charge in [-0.25, -0.2) is 0 Å². The number of hydrogen-bond donors (Lipinski definition) is 1. The number of aromatic nitrogens is 2. The lowest BCUT2D eigenvalue weighted by atomic mass is 10.3. The van der Waals surface area contributed by atoms with E-state index in [2.05, 4.69) is 20.9 Å². The zero-order chi connectivity index (χ0) is 13.6. The molecule has 1 N–H and O–H groups in total. The number of nitrogens with one attached hydrogen (secondary N) is 1. The predicted molar refractivity (Wildman–Crippen MR) is 86.2 cm³/mol. The second-order valence-electron chi connectivity index (χ2n) is 4.00. The fraction of sp³-hybridized carbons (Fsp3) is 0. The number of para-hydroxylation sites is 1. The molecule has 2 aromatic carbocycles. The highest BCUT2D eigenvalue weighted by Crippen LogP contribution is 2.30. The van der Waals surface area contributed by atoms with Crippen LogP contribution in [0.5, 0.6) is 0 Å². The lowest BCUT2D eigenvalue weighted by molar-refractivity contribution is 1.06. The van der Waals surface area contributed by atoms with Crippen LogP contribution in [0.25, 0.3) is 16.7 Å². The first-order valence-electron chi connectivity index (χ1n) is 5.42. The summed E-state index contributed by atoms with van der Waals surface area (Å²) in [5, 5.41) is 1.31. The molecule has 3 rings (SSSR count). The normalized spacial score (nSPS) is 11.1. The van der Waals surface area contributed by atoms with Crippen molar-refractivity contribution in [1.29, 1.82) is 0 Å². The van der Waals surface area contributed by atoms with Crippen LogP contribution in [0.15, 0.2) is 40.9 Å². The Bertz CT molecular complexity index is 838. The number of benzene rings is 2. The van der Waals surface area contributed by atoms with Crippen LogP contribution in [0.4, 0.5) is 0 Å². The van der Waals surface area contributed by atoms with Crippen LogP contribution >= 0.6 is 51.3 Å². The Morgan fingerprint density at radius 3 is 2.68 bits per heavy atom. The first-order chi connectivity index (χ1) is 9.08. The van der Waals surface area contributed by atoms with Gasteiger partial charge >= 0.3 is 0 Å². The van der Waals surface area contributed by atoms with Gasteiger partial charge in [0.15, 0.2) is 4.77 Å². The van der Waals surface area contributed by atoms with Gasteiger partial charge in [0.25, 0.3) is 0 Å². The number of fused-ring (bicyclic) bond motifs is 1. The molecule has 0 unspecified atom stereocenters. The van der Waals surface area contributed by atoms with Crippen molar-refractivity contribution in [3.8, 4) is 5.69 Å². The molecule has 0 bridgehead atoms. The van der Waals surface area contributed by atoms with Crippen LogP contribution in [0.1, 0.15) is 0 Å². The van der Waals surface area contributed by atoms with Crippen LogP contribution in [0.3, 0.4) is 0 Å². The summed E-state index contributed by atoms with van der Waals surface area (Å²) in [4.78, 5) is 3.13. The summed E-state index contributed by atoms with van der Waals surface area (Å²) in [6.07, 6.45) is 0. The highest BCUT2D eigenvalue weighted by molar-refractivity contribution is 9.10.